The molecule has 0 aliphatic rings. The number of nitrogens with one attached hydrogen (secondary N) is 1. The second-order valence-corrected chi connectivity index (χ2v) is 6.70. The lowest BCUT2D eigenvalue weighted by atomic mass is 10.1. The molecular weight excluding hydrogens is 338 g/mol. The first-order valence-electron chi connectivity index (χ1n) is 9.87. The molecule has 0 fully saturated rings. The number of hydrogen-bond donors (Lipinski definition) is 1. The number of unbranched alkanes of at least 4 members (excludes halogenated alkanes) is 1. The monoisotopic (exact) mass is 371 g/mol. The molecule has 0 aliphatic heterocycles. The van der Waals surface area contributed by atoms with Gasteiger partial charge in [0.05, 0.1) is 7.11 Å². The second-order valence-electron chi connectivity index (χ2n) is 6.70. The Labute approximate surface area is 163 Å². The Morgan fingerprint density at radius 2 is 1.78 bits per heavy atom. The van der Waals surface area contributed by atoms with Gasteiger partial charge in [-0.1, -0.05) is 43.7 Å². The minimum absolute atomic E-state index is 0.540. The maximum Gasteiger partial charge on any atom is 0.161 e. The average molecular weight is 372 g/mol. The zero-order valence-corrected chi connectivity index (χ0v) is 16.9. The van der Waals surface area contributed by atoms with E-state index < -0.39 is 0 Å². The van der Waals surface area contributed by atoms with Gasteiger partial charge in [-0.25, -0.2) is 0 Å². The second kappa shape index (κ2) is 12.4. The van der Waals surface area contributed by atoms with Crippen molar-refractivity contribution in [3.8, 4) is 11.5 Å². The van der Waals surface area contributed by atoms with Crippen LogP contribution in [-0.2, 0) is 17.9 Å². The van der Waals surface area contributed by atoms with E-state index in [1.165, 1.54) is 23.1 Å². The maximum absolute atomic E-state index is 5.98. The lowest BCUT2D eigenvalue weighted by Gasteiger charge is -2.13. The van der Waals surface area contributed by atoms with Gasteiger partial charge in [0, 0.05) is 19.8 Å². The van der Waals surface area contributed by atoms with Crippen LogP contribution in [0.15, 0.2) is 42.5 Å². The Morgan fingerprint density at radius 3 is 2.56 bits per heavy atom. The average Bonchev–Trinajstić information content (AvgIpc) is 2.69. The van der Waals surface area contributed by atoms with Gasteiger partial charge in [-0.05, 0) is 55.1 Å². The number of ether oxygens (including phenoxy) is 3. The van der Waals surface area contributed by atoms with Crippen molar-refractivity contribution in [1.29, 1.82) is 0 Å². The van der Waals surface area contributed by atoms with Gasteiger partial charge in [-0.15, -0.1) is 0 Å². The number of aryl methyl sites for hydroxylation is 1. The van der Waals surface area contributed by atoms with E-state index in [4.69, 9.17) is 14.2 Å². The SMILES string of the molecule is CCCCOCCCNCc1ccc(OCc2ccccc2C)c(OC)c1. The molecule has 0 spiro atoms. The fourth-order valence-corrected chi connectivity index (χ4v) is 2.75. The summed E-state index contributed by atoms with van der Waals surface area (Å²) in [6.45, 7) is 8.26. The quantitative estimate of drug-likeness (QED) is 0.510. The van der Waals surface area contributed by atoms with Gasteiger partial charge in [0.15, 0.2) is 11.5 Å². The van der Waals surface area contributed by atoms with Gasteiger partial charge in [-0.2, -0.15) is 0 Å². The Balaban J connectivity index is 1.77. The molecule has 0 bridgehead atoms. The molecule has 0 saturated carbocycles. The summed E-state index contributed by atoms with van der Waals surface area (Å²) in [6, 6.07) is 14.4. The van der Waals surface area contributed by atoms with E-state index in [1.54, 1.807) is 7.11 Å². The van der Waals surface area contributed by atoms with E-state index in [0.29, 0.717) is 6.61 Å². The zero-order valence-electron chi connectivity index (χ0n) is 16.9. The van der Waals surface area contributed by atoms with Crippen LogP contribution in [0.2, 0.25) is 0 Å². The van der Waals surface area contributed by atoms with Crippen molar-refractivity contribution in [3.63, 3.8) is 0 Å². The summed E-state index contributed by atoms with van der Waals surface area (Å²) < 4.78 is 17.1. The van der Waals surface area contributed by atoms with Crippen molar-refractivity contribution >= 4 is 0 Å². The number of rotatable bonds is 13. The van der Waals surface area contributed by atoms with E-state index in [-0.39, 0.29) is 0 Å². The number of hydrogen-bond acceptors (Lipinski definition) is 4. The van der Waals surface area contributed by atoms with Gasteiger partial charge in [-0.3, -0.25) is 0 Å². The third-order valence-electron chi connectivity index (χ3n) is 4.49. The molecule has 2 rings (SSSR count). The minimum Gasteiger partial charge on any atom is -0.493 e. The first-order valence-corrected chi connectivity index (χ1v) is 9.87. The zero-order chi connectivity index (χ0) is 19.3. The van der Waals surface area contributed by atoms with Crippen LogP contribution in [0.3, 0.4) is 0 Å². The normalized spacial score (nSPS) is 10.8. The topological polar surface area (TPSA) is 39.7 Å². The molecule has 0 atom stereocenters. The van der Waals surface area contributed by atoms with Crippen molar-refractivity contribution in [1.82, 2.24) is 5.32 Å². The summed E-state index contributed by atoms with van der Waals surface area (Å²) in [5.41, 5.74) is 3.60. The van der Waals surface area contributed by atoms with E-state index in [1.807, 2.05) is 24.3 Å². The van der Waals surface area contributed by atoms with Crippen molar-refractivity contribution in [3.05, 3.63) is 59.2 Å². The third-order valence-corrected chi connectivity index (χ3v) is 4.49. The van der Waals surface area contributed by atoms with Crippen molar-refractivity contribution in [2.45, 2.75) is 46.3 Å². The molecule has 0 saturated heterocycles. The Morgan fingerprint density at radius 1 is 0.963 bits per heavy atom. The smallest absolute Gasteiger partial charge is 0.161 e. The Hall–Kier alpha value is -2.04. The van der Waals surface area contributed by atoms with Crippen LogP contribution in [0.1, 0.15) is 42.9 Å². The molecule has 4 nitrogen and oxygen atoms in total. The van der Waals surface area contributed by atoms with Gasteiger partial charge in [0.25, 0.3) is 0 Å². The summed E-state index contributed by atoms with van der Waals surface area (Å²) in [6.07, 6.45) is 3.36. The largest absolute Gasteiger partial charge is 0.493 e. The Kier molecular flexibility index (Phi) is 9.74. The highest BCUT2D eigenvalue weighted by atomic mass is 16.5. The van der Waals surface area contributed by atoms with Crippen LogP contribution < -0.4 is 14.8 Å². The van der Waals surface area contributed by atoms with Crippen molar-refractivity contribution in [2.75, 3.05) is 26.9 Å². The van der Waals surface area contributed by atoms with Crippen molar-refractivity contribution in [2.24, 2.45) is 0 Å². The van der Waals surface area contributed by atoms with Crippen LogP contribution in [0.25, 0.3) is 0 Å². The first-order chi connectivity index (χ1) is 13.2. The first kappa shape index (κ1) is 21.3. The Bertz CT molecular complexity index is 672. The van der Waals surface area contributed by atoms with E-state index >= 15 is 0 Å². The van der Waals surface area contributed by atoms with Crippen LogP contribution >= 0.6 is 0 Å². The summed E-state index contributed by atoms with van der Waals surface area (Å²) in [7, 11) is 1.68. The minimum atomic E-state index is 0.540. The van der Waals surface area contributed by atoms with Crippen LogP contribution in [0, 0.1) is 6.92 Å². The lowest BCUT2D eigenvalue weighted by Crippen LogP contribution is -2.16. The molecule has 1 N–H and O–H groups in total. The molecule has 0 radical (unpaired) electrons. The highest BCUT2D eigenvalue weighted by molar-refractivity contribution is 5.43. The van der Waals surface area contributed by atoms with Crippen LogP contribution in [0.4, 0.5) is 0 Å². The molecule has 2 aromatic carbocycles. The van der Waals surface area contributed by atoms with Gasteiger partial charge in [0.2, 0.25) is 0 Å². The maximum atomic E-state index is 5.98. The fourth-order valence-electron chi connectivity index (χ4n) is 2.75. The summed E-state index contributed by atoms with van der Waals surface area (Å²) in [5.74, 6) is 1.54. The molecule has 0 unspecified atom stereocenters. The van der Waals surface area contributed by atoms with Crippen LogP contribution in [-0.4, -0.2) is 26.9 Å². The van der Waals surface area contributed by atoms with E-state index in [2.05, 4.69) is 37.4 Å². The predicted octanol–water partition coefficient (Wildman–Crippen LogP) is 4.88. The molecule has 27 heavy (non-hydrogen) atoms. The van der Waals surface area contributed by atoms with E-state index in [9.17, 15) is 0 Å². The number of methoxy groups -OCH3 is 1. The molecule has 4 heteroatoms. The highest BCUT2D eigenvalue weighted by Crippen LogP contribution is 2.29. The fraction of sp³-hybridized carbons (Fsp3) is 0.478. The summed E-state index contributed by atoms with van der Waals surface area (Å²) in [5, 5.41) is 3.45. The van der Waals surface area contributed by atoms with Gasteiger partial charge >= 0.3 is 0 Å². The van der Waals surface area contributed by atoms with Crippen molar-refractivity contribution < 1.29 is 14.2 Å². The highest BCUT2D eigenvalue weighted by Gasteiger charge is 2.07. The standard InChI is InChI=1S/C23H33NO3/c1-4-5-14-26-15-8-13-24-17-20-11-12-22(23(16-20)25-3)27-18-21-10-7-6-9-19(21)2/h6-7,9-12,16,24H,4-5,8,13-15,17-18H2,1-3H3. The van der Waals surface area contributed by atoms with Crippen LogP contribution in [0.5, 0.6) is 11.5 Å². The molecule has 0 heterocycles. The molecule has 2 aromatic rings. The molecular formula is C23H33NO3. The third kappa shape index (κ3) is 7.61. The summed E-state index contributed by atoms with van der Waals surface area (Å²) in [4.78, 5) is 0. The van der Waals surface area contributed by atoms with Gasteiger partial charge < -0.3 is 19.5 Å². The molecule has 0 aliphatic carbocycles. The molecule has 148 valence electrons. The summed E-state index contributed by atoms with van der Waals surface area (Å²) >= 11 is 0. The predicted molar refractivity (Wildman–Crippen MR) is 111 cm³/mol. The van der Waals surface area contributed by atoms with Gasteiger partial charge in [0.1, 0.15) is 6.61 Å². The molecule has 0 amide bonds. The number of benzene rings is 2. The lowest BCUT2D eigenvalue weighted by molar-refractivity contribution is 0.129. The molecule has 0 aromatic heterocycles. The van der Waals surface area contributed by atoms with E-state index in [0.717, 1.165) is 50.6 Å².